The second kappa shape index (κ2) is 6.96. The van der Waals surface area contributed by atoms with Crippen LogP contribution in [0.1, 0.15) is 22.3 Å². The summed E-state index contributed by atoms with van der Waals surface area (Å²) in [5.41, 5.74) is 4.83. The fourth-order valence-corrected chi connectivity index (χ4v) is 2.81. The summed E-state index contributed by atoms with van der Waals surface area (Å²) in [7, 11) is 0. The van der Waals surface area contributed by atoms with Gasteiger partial charge in [0.05, 0.1) is 0 Å². The molecule has 24 heavy (non-hydrogen) atoms. The molecule has 122 valence electrons. The Morgan fingerprint density at radius 2 is 1.08 bits per heavy atom. The molecule has 0 aliphatic heterocycles. The molecule has 0 saturated carbocycles. The average molecular weight is 322 g/mol. The zero-order chi connectivity index (χ0) is 17.1. The Morgan fingerprint density at radius 3 is 1.71 bits per heavy atom. The lowest BCUT2D eigenvalue weighted by molar-refractivity contribution is 0.614. The summed E-state index contributed by atoms with van der Waals surface area (Å²) in [6, 6.07) is 18.3. The molecule has 0 amide bonds. The van der Waals surface area contributed by atoms with E-state index in [0.29, 0.717) is 11.1 Å². The summed E-state index contributed by atoms with van der Waals surface area (Å²) >= 11 is 0. The van der Waals surface area contributed by atoms with Gasteiger partial charge < -0.3 is 0 Å². The molecule has 0 N–H and O–H groups in total. The van der Waals surface area contributed by atoms with Gasteiger partial charge in [0.2, 0.25) is 0 Å². The molecule has 3 rings (SSSR count). The predicted molar refractivity (Wildman–Crippen MR) is 95.1 cm³/mol. The lowest BCUT2D eigenvalue weighted by Gasteiger charge is -2.09. The van der Waals surface area contributed by atoms with Gasteiger partial charge >= 0.3 is 0 Å². The molecule has 0 unspecified atom stereocenters. The third-order valence-corrected chi connectivity index (χ3v) is 4.27. The van der Waals surface area contributed by atoms with Crippen molar-refractivity contribution in [3.05, 3.63) is 94.6 Å². The van der Waals surface area contributed by atoms with Crippen LogP contribution in [0.15, 0.2) is 60.7 Å². The molecule has 3 aromatic carbocycles. The highest BCUT2D eigenvalue weighted by Crippen LogP contribution is 2.27. The lowest BCUT2D eigenvalue weighted by atomic mass is 9.98. The normalized spacial score (nSPS) is 10.8. The van der Waals surface area contributed by atoms with Crippen LogP contribution in [0.3, 0.4) is 0 Å². The topological polar surface area (TPSA) is 0 Å². The third-order valence-electron chi connectivity index (χ3n) is 4.27. The van der Waals surface area contributed by atoms with Gasteiger partial charge in [-0.3, -0.25) is 0 Å². The molecule has 0 nitrogen and oxygen atoms in total. The van der Waals surface area contributed by atoms with Crippen molar-refractivity contribution in [3.8, 4) is 11.1 Å². The van der Waals surface area contributed by atoms with Crippen molar-refractivity contribution >= 4 is 0 Å². The third kappa shape index (κ3) is 3.70. The molecule has 0 aliphatic rings. The summed E-state index contributed by atoms with van der Waals surface area (Å²) < 4.78 is 28.5. The zero-order valence-electron chi connectivity index (χ0n) is 13.9. The van der Waals surface area contributed by atoms with E-state index < -0.39 is 0 Å². The van der Waals surface area contributed by atoms with Gasteiger partial charge in [-0.1, -0.05) is 54.1 Å². The minimum absolute atomic E-state index is 0.309. The standard InChI is InChI=1S/C22H20F2/c1-15-3-6-17(7-4-15)8-9-18-10-12-20(22(24)14-18)19-11-5-16(2)13-21(19)23/h3-7,10-14H,8-9H2,1-2H3. The van der Waals surface area contributed by atoms with Crippen molar-refractivity contribution in [1.29, 1.82) is 0 Å². The Labute approximate surface area is 141 Å². The van der Waals surface area contributed by atoms with Gasteiger partial charge in [-0.15, -0.1) is 0 Å². The summed E-state index contributed by atoms with van der Waals surface area (Å²) in [6.45, 7) is 3.87. The summed E-state index contributed by atoms with van der Waals surface area (Å²) in [6.07, 6.45) is 1.62. The first-order valence-electron chi connectivity index (χ1n) is 8.13. The van der Waals surface area contributed by atoms with Gasteiger partial charge in [-0.25, -0.2) is 8.78 Å². The Morgan fingerprint density at radius 1 is 0.583 bits per heavy atom. The van der Waals surface area contributed by atoms with E-state index in [1.54, 1.807) is 18.2 Å². The molecule has 0 aliphatic carbocycles. The van der Waals surface area contributed by atoms with Crippen LogP contribution in [0, 0.1) is 25.5 Å². The smallest absolute Gasteiger partial charge is 0.131 e. The molecule has 0 fully saturated rings. The van der Waals surface area contributed by atoms with Crippen molar-refractivity contribution in [1.82, 2.24) is 0 Å². The summed E-state index contributed by atoms with van der Waals surface area (Å²) in [4.78, 5) is 0. The van der Waals surface area contributed by atoms with Gasteiger partial charge in [0.25, 0.3) is 0 Å². The molecule has 2 heteroatoms. The maximum absolute atomic E-state index is 14.4. The van der Waals surface area contributed by atoms with Crippen LogP contribution in [-0.2, 0) is 12.8 Å². The maximum Gasteiger partial charge on any atom is 0.131 e. The van der Waals surface area contributed by atoms with E-state index in [0.717, 1.165) is 24.0 Å². The zero-order valence-corrected chi connectivity index (χ0v) is 13.9. The minimum atomic E-state index is -0.388. The van der Waals surface area contributed by atoms with Crippen molar-refractivity contribution < 1.29 is 8.78 Å². The number of benzene rings is 3. The van der Waals surface area contributed by atoms with Crippen molar-refractivity contribution in [2.24, 2.45) is 0 Å². The van der Waals surface area contributed by atoms with Gasteiger partial charge in [-0.2, -0.15) is 0 Å². The Hall–Kier alpha value is -2.48. The lowest BCUT2D eigenvalue weighted by Crippen LogP contribution is -1.95. The largest absolute Gasteiger partial charge is 0.206 e. The Kier molecular flexibility index (Phi) is 4.75. The molecular weight excluding hydrogens is 302 g/mol. The van der Waals surface area contributed by atoms with Gasteiger partial charge in [-0.05, 0) is 55.5 Å². The summed E-state index contributed by atoms with van der Waals surface area (Å²) in [5, 5.41) is 0. The molecular formula is C22H20F2. The van der Waals surface area contributed by atoms with Crippen LogP contribution >= 0.6 is 0 Å². The second-order valence-corrected chi connectivity index (χ2v) is 6.28. The molecule has 0 bridgehead atoms. The maximum atomic E-state index is 14.4. The number of hydrogen-bond donors (Lipinski definition) is 0. The second-order valence-electron chi connectivity index (χ2n) is 6.28. The van der Waals surface area contributed by atoms with Crippen LogP contribution in [0.25, 0.3) is 11.1 Å². The molecule has 0 spiro atoms. The van der Waals surface area contributed by atoms with Crippen LogP contribution in [0.4, 0.5) is 8.78 Å². The first kappa shape index (κ1) is 16.4. The highest BCUT2D eigenvalue weighted by Gasteiger charge is 2.11. The number of aryl methyl sites for hydroxylation is 4. The Balaban J connectivity index is 1.78. The SMILES string of the molecule is Cc1ccc(CCc2ccc(-c3ccc(C)cc3F)c(F)c2)cc1. The van der Waals surface area contributed by atoms with E-state index in [-0.39, 0.29) is 11.6 Å². The molecule has 0 heterocycles. The minimum Gasteiger partial charge on any atom is -0.206 e. The van der Waals surface area contributed by atoms with Crippen LogP contribution in [0.5, 0.6) is 0 Å². The van der Waals surface area contributed by atoms with Crippen LogP contribution in [-0.4, -0.2) is 0 Å². The predicted octanol–water partition coefficient (Wildman–Crippen LogP) is 6.03. The van der Waals surface area contributed by atoms with E-state index in [9.17, 15) is 8.78 Å². The number of rotatable bonds is 4. The fourth-order valence-electron chi connectivity index (χ4n) is 2.81. The van der Waals surface area contributed by atoms with E-state index in [1.807, 2.05) is 13.0 Å². The quantitative estimate of drug-likeness (QED) is 0.550. The highest BCUT2D eigenvalue weighted by atomic mass is 19.1. The monoisotopic (exact) mass is 322 g/mol. The average Bonchev–Trinajstić information content (AvgIpc) is 2.55. The summed E-state index contributed by atoms with van der Waals surface area (Å²) in [5.74, 6) is -0.763. The first-order valence-corrected chi connectivity index (χ1v) is 8.13. The van der Waals surface area contributed by atoms with Gasteiger partial charge in [0.15, 0.2) is 0 Å². The van der Waals surface area contributed by atoms with Crippen molar-refractivity contribution in [2.75, 3.05) is 0 Å². The van der Waals surface area contributed by atoms with Crippen LogP contribution < -0.4 is 0 Å². The highest BCUT2D eigenvalue weighted by molar-refractivity contribution is 5.65. The Bertz CT molecular complexity index is 848. The fraction of sp³-hybridized carbons (Fsp3) is 0.182. The molecule has 0 atom stereocenters. The van der Waals surface area contributed by atoms with Crippen molar-refractivity contribution in [3.63, 3.8) is 0 Å². The molecule has 3 aromatic rings. The van der Waals surface area contributed by atoms with E-state index in [1.165, 1.54) is 23.3 Å². The molecule has 0 radical (unpaired) electrons. The van der Waals surface area contributed by atoms with E-state index in [2.05, 4.69) is 31.2 Å². The first-order chi connectivity index (χ1) is 11.5. The van der Waals surface area contributed by atoms with E-state index in [4.69, 9.17) is 0 Å². The van der Waals surface area contributed by atoms with Gasteiger partial charge in [0, 0.05) is 11.1 Å². The number of halogens is 2. The van der Waals surface area contributed by atoms with Crippen molar-refractivity contribution in [2.45, 2.75) is 26.7 Å². The molecule has 0 aromatic heterocycles. The molecule has 0 saturated heterocycles. The van der Waals surface area contributed by atoms with Crippen LogP contribution in [0.2, 0.25) is 0 Å². The van der Waals surface area contributed by atoms with Gasteiger partial charge in [0.1, 0.15) is 11.6 Å². The van der Waals surface area contributed by atoms with E-state index >= 15 is 0 Å². The number of hydrogen-bond acceptors (Lipinski definition) is 0.